The van der Waals surface area contributed by atoms with Crippen LogP contribution in [0.5, 0.6) is 0 Å². The molecule has 6 heteroatoms. The number of hydrogen-bond donors (Lipinski definition) is 2. The Bertz CT molecular complexity index is 698. The molecule has 2 rings (SSSR count). The Hall–Kier alpha value is -2.04. The zero-order valence-electron chi connectivity index (χ0n) is 11.7. The lowest BCUT2D eigenvalue weighted by atomic mass is 9.91. The Labute approximate surface area is 138 Å². The molecule has 1 atom stereocenters. The van der Waals surface area contributed by atoms with Gasteiger partial charge in [-0.25, -0.2) is 0 Å². The van der Waals surface area contributed by atoms with Crippen molar-refractivity contribution in [3.63, 3.8) is 0 Å². The Morgan fingerprint density at radius 3 is 2.36 bits per heavy atom. The van der Waals surface area contributed by atoms with E-state index in [1.165, 1.54) is 0 Å². The number of nitrogens with zero attached hydrogens (tertiary/aromatic N) is 1. The highest BCUT2D eigenvalue weighted by molar-refractivity contribution is 6.35. The molecule has 114 valence electrons. The summed E-state index contributed by atoms with van der Waals surface area (Å²) in [6.45, 7) is 0. The third-order valence-corrected chi connectivity index (χ3v) is 3.72. The monoisotopic (exact) mass is 335 g/mol. The fourth-order valence-electron chi connectivity index (χ4n) is 2.17. The highest BCUT2D eigenvalue weighted by Gasteiger charge is 2.23. The molecule has 2 aromatic carbocycles. The Morgan fingerprint density at radius 2 is 1.77 bits per heavy atom. The van der Waals surface area contributed by atoms with Crippen LogP contribution in [0.1, 0.15) is 17.0 Å². The van der Waals surface area contributed by atoms with Crippen molar-refractivity contribution in [1.29, 1.82) is 0 Å². The molecule has 0 aliphatic heterocycles. The minimum absolute atomic E-state index is 0.270. The van der Waals surface area contributed by atoms with Crippen molar-refractivity contribution in [2.24, 2.45) is 16.5 Å². The minimum atomic E-state index is -0.575. The number of aliphatic imine (C=N–C) groups is 1. The fraction of sp³-hybridized carbons (Fsp3) is 0.125. The van der Waals surface area contributed by atoms with Crippen LogP contribution < -0.4 is 11.5 Å². The lowest BCUT2D eigenvalue weighted by Crippen LogP contribution is -2.26. The third kappa shape index (κ3) is 4.23. The van der Waals surface area contributed by atoms with Crippen molar-refractivity contribution in [2.45, 2.75) is 12.3 Å². The normalized spacial score (nSPS) is 11.7. The van der Waals surface area contributed by atoms with Crippen molar-refractivity contribution in [2.75, 3.05) is 0 Å². The van der Waals surface area contributed by atoms with Gasteiger partial charge in [-0.1, -0.05) is 59.6 Å². The van der Waals surface area contributed by atoms with Crippen molar-refractivity contribution in [3.05, 3.63) is 69.7 Å². The van der Waals surface area contributed by atoms with Gasteiger partial charge in [0.05, 0.1) is 5.92 Å². The average Bonchev–Trinajstić information content (AvgIpc) is 2.46. The van der Waals surface area contributed by atoms with Crippen LogP contribution in [-0.2, 0) is 11.2 Å². The van der Waals surface area contributed by atoms with Gasteiger partial charge in [-0.05, 0) is 29.7 Å². The summed E-state index contributed by atoms with van der Waals surface area (Å²) in [6, 6.07) is 14.6. The smallest absolute Gasteiger partial charge is 0.256 e. The van der Waals surface area contributed by atoms with E-state index in [9.17, 15) is 4.79 Å². The van der Waals surface area contributed by atoms with E-state index in [1.807, 2.05) is 30.3 Å². The van der Waals surface area contributed by atoms with E-state index < -0.39 is 11.8 Å². The summed E-state index contributed by atoms with van der Waals surface area (Å²) in [5.74, 6) is -1.28. The number of guanidine groups is 1. The molecular formula is C16H15Cl2N3O. The lowest BCUT2D eigenvalue weighted by molar-refractivity contribution is -0.119. The maximum Gasteiger partial charge on any atom is 0.256 e. The molecule has 22 heavy (non-hydrogen) atoms. The van der Waals surface area contributed by atoms with Crippen molar-refractivity contribution in [1.82, 2.24) is 0 Å². The molecule has 0 saturated carbocycles. The van der Waals surface area contributed by atoms with Crippen LogP contribution in [0, 0.1) is 0 Å². The first-order valence-corrected chi connectivity index (χ1v) is 7.35. The first kappa shape index (κ1) is 16.3. The van der Waals surface area contributed by atoms with Crippen LogP contribution >= 0.6 is 23.2 Å². The molecule has 0 aliphatic rings. The van der Waals surface area contributed by atoms with Gasteiger partial charge in [-0.2, -0.15) is 4.99 Å². The lowest BCUT2D eigenvalue weighted by Gasteiger charge is -2.16. The van der Waals surface area contributed by atoms with Crippen LogP contribution in [-0.4, -0.2) is 11.9 Å². The highest BCUT2D eigenvalue weighted by atomic mass is 35.5. The number of hydrogen-bond acceptors (Lipinski definition) is 1. The number of halogens is 2. The second-order valence-corrected chi connectivity index (χ2v) is 5.63. The van der Waals surface area contributed by atoms with Crippen LogP contribution in [0.3, 0.4) is 0 Å². The summed E-state index contributed by atoms with van der Waals surface area (Å²) in [4.78, 5) is 16.0. The Kier molecular flexibility index (Phi) is 5.41. The second-order valence-electron chi connectivity index (χ2n) is 4.78. The zero-order valence-corrected chi connectivity index (χ0v) is 13.2. The standard InChI is InChI=1S/C16H15Cl2N3O/c17-11-6-7-12(14(18)9-11)13(15(22)21-16(19)20)8-10-4-2-1-3-5-10/h1-7,9,13H,8H2,(H4,19,20,21,22). The molecule has 2 aromatic rings. The summed E-state index contributed by atoms with van der Waals surface area (Å²) >= 11 is 12.1. The van der Waals surface area contributed by atoms with Crippen molar-refractivity contribution < 1.29 is 4.79 Å². The molecule has 0 spiro atoms. The van der Waals surface area contributed by atoms with Gasteiger partial charge in [0.25, 0.3) is 5.91 Å². The molecule has 1 amide bonds. The maximum atomic E-state index is 12.4. The Morgan fingerprint density at radius 1 is 1.09 bits per heavy atom. The van der Waals surface area contributed by atoms with Gasteiger partial charge in [-0.15, -0.1) is 0 Å². The highest BCUT2D eigenvalue weighted by Crippen LogP contribution is 2.31. The van der Waals surface area contributed by atoms with Gasteiger partial charge in [0, 0.05) is 10.0 Å². The molecule has 0 fully saturated rings. The van der Waals surface area contributed by atoms with Gasteiger partial charge in [-0.3, -0.25) is 4.79 Å². The van der Waals surface area contributed by atoms with Gasteiger partial charge in [0.15, 0.2) is 5.96 Å². The van der Waals surface area contributed by atoms with Crippen LogP contribution in [0.25, 0.3) is 0 Å². The van der Waals surface area contributed by atoms with E-state index >= 15 is 0 Å². The first-order valence-electron chi connectivity index (χ1n) is 6.59. The molecule has 0 aliphatic carbocycles. The summed E-state index contributed by atoms with van der Waals surface area (Å²) in [6.07, 6.45) is 0.442. The molecule has 0 saturated heterocycles. The second kappa shape index (κ2) is 7.29. The molecule has 4 nitrogen and oxygen atoms in total. The summed E-state index contributed by atoms with van der Waals surface area (Å²) < 4.78 is 0. The van der Waals surface area contributed by atoms with Gasteiger partial charge < -0.3 is 11.5 Å². The molecule has 4 N–H and O–H groups in total. The largest absolute Gasteiger partial charge is 0.370 e. The molecule has 0 aromatic heterocycles. The van der Waals surface area contributed by atoms with E-state index in [0.29, 0.717) is 22.0 Å². The molecule has 1 unspecified atom stereocenters. The zero-order chi connectivity index (χ0) is 16.1. The summed E-state index contributed by atoms with van der Waals surface area (Å²) in [5, 5.41) is 0.911. The molecule has 0 bridgehead atoms. The first-order chi connectivity index (χ1) is 10.5. The third-order valence-electron chi connectivity index (χ3n) is 3.16. The molecule has 0 radical (unpaired) electrons. The van der Waals surface area contributed by atoms with Crippen LogP contribution in [0.15, 0.2) is 53.5 Å². The maximum absolute atomic E-state index is 12.4. The van der Waals surface area contributed by atoms with E-state index in [-0.39, 0.29) is 5.96 Å². The van der Waals surface area contributed by atoms with Crippen LogP contribution in [0.4, 0.5) is 0 Å². The summed E-state index contributed by atoms with van der Waals surface area (Å²) in [7, 11) is 0. The predicted octanol–water partition coefficient (Wildman–Crippen LogP) is 3.12. The van der Waals surface area contributed by atoms with E-state index in [2.05, 4.69) is 4.99 Å². The number of nitrogens with two attached hydrogens (primary N) is 2. The number of amides is 1. The van der Waals surface area contributed by atoms with E-state index in [0.717, 1.165) is 5.56 Å². The summed E-state index contributed by atoms with van der Waals surface area (Å²) in [5.41, 5.74) is 12.3. The van der Waals surface area contributed by atoms with Gasteiger partial charge >= 0.3 is 0 Å². The predicted molar refractivity (Wildman–Crippen MR) is 90.2 cm³/mol. The minimum Gasteiger partial charge on any atom is -0.370 e. The average molecular weight is 336 g/mol. The number of benzene rings is 2. The number of carbonyl (C=O) groups is 1. The quantitative estimate of drug-likeness (QED) is 0.665. The van der Waals surface area contributed by atoms with Crippen molar-refractivity contribution >= 4 is 35.1 Å². The number of rotatable bonds is 4. The number of carbonyl (C=O) groups excluding carboxylic acids is 1. The van der Waals surface area contributed by atoms with Crippen molar-refractivity contribution in [3.8, 4) is 0 Å². The molecular weight excluding hydrogens is 321 g/mol. The molecule has 0 heterocycles. The Balaban J connectivity index is 2.41. The van der Waals surface area contributed by atoms with E-state index in [1.54, 1.807) is 18.2 Å². The van der Waals surface area contributed by atoms with Gasteiger partial charge in [0.2, 0.25) is 0 Å². The van der Waals surface area contributed by atoms with Gasteiger partial charge in [0.1, 0.15) is 0 Å². The SMILES string of the molecule is NC(N)=NC(=O)C(Cc1ccccc1)c1ccc(Cl)cc1Cl. The van der Waals surface area contributed by atoms with E-state index in [4.69, 9.17) is 34.7 Å². The fourth-order valence-corrected chi connectivity index (χ4v) is 2.71. The topological polar surface area (TPSA) is 81.5 Å². The van der Waals surface area contributed by atoms with Crippen LogP contribution in [0.2, 0.25) is 10.0 Å².